The molecule has 0 radical (unpaired) electrons. The number of aliphatic hydroxyl groups excluding tert-OH is 1. The van der Waals surface area contributed by atoms with Crippen molar-refractivity contribution in [2.45, 2.75) is 56.5 Å². The number of carboxylic acid groups (broad SMARTS) is 2. The zero-order valence-electron chi connectivity index (χ0n) is 18.9. The maximum Gasteiger partial charge on any atom is 0.328 e. The van der Waals surface area contributed by atoms with Gasteiger partial charge in [-0.1, -0.05) is 12.1 Å². The van der Waals surface area contributed by atoms with Crippen LogP contribution >= 0.6 is 12.6 Å². The molecule has 13 nitrogen and oxygen atoms in total. The monoisotopic (exact) mass is 514 g/mol. The van der Waals surface area contributed by atoms with Gasteiger partial charge in [0.1, 0.15) is 17.8 Å². The summed E-state index contributed by atoms with van der Waals surface area (Å²) in [5, 5.41) is 44.1. The number of hydrogen-bond donors (Lipinski definition) is 9. The number of rotatable bonds is 14. The number of carbonyl (C=O) groups is 5. The number of amides is 3. The first-order valence-electron chi connectivity index (χ1n) is 10.5. The third-order valence-corrected chi connectivity index (χ3v) is 5.26. The lowest BCUT2D eigenvalue weighted by Crippen LogP contribution is -2.58. The summed E-state index contributed by atoms with van der Waals surface area (Å²) in [6.45, 7) is 1.14. The second-order valence-electron chi connectivity index (χ2n) is 7.78. The van der Waals surface area contributed by atoms with E-state index < -0.39 is 72.8 Å². The molecule has 1 rings (SSSR count). The summed E-state index contributed by atoms with van der Waals surface area (Å²) in [5.41, 5.74) is 6.19. The number of carboxylic acids is 2. The second-order valence-corrected chi connectivity index (χ2v) is 8.14. The Balaban J connectivity index is 3.14. The highest BCUT2D eigenvalue weighted by atomic mass is 32.1. The van der Waals surface area contributed by atoms with E-state index in [1.807, 2.05) is 0 Å². The minimum Gasteiger partial charge on any atom is -0.508 e. The van der Waals surface area contributed by atoms with Gasteiger partial charge in [-0.05, 0) is 31.0 Å². The first-order chi connectivity index (χ1) is 16.3. The first-order valence-corrected chi connectivity index (χ1v) is 11.2. The Labute approximate surface area is 206 Å². The molecule has 0 aliphatic rings. The molecular weight excluding hydrogens is 484 g/mol. The van der Waals surface area contributed by atoms with Crippen LogP contribution in [0.2, 0.25) is 0 Å². The quantitative estimate of drug-likeness (QED) is 0.124. The van der Waals surface area contributed by atoms with E-state index in [1.54, 1.807) is 0 Å². The van der Waals surface area contributed by atoms with Gasteiger partial charge in [-0.3, -0.25) is 19.2 Å². The number of aromatic hydroxyl groups is 1. The highest BCUT2D eigenvalue weighted by Gasteiger charge is 2.32. The van der Waals surface area contributed by atoms with Crippen LogP contribution in [0.5, 0.6) is 5.75 Å². The zero-order valence-corrected chi connectivity index (χ0v) is 19.8. The summed E-state index contributed by atoms with van der Waals surface area (Å²) in [6.07, 6.45) is -2.48. The maximum atomic E-state index is 13.0. The molecule has 0 fully saturated rings. The van der Waals surface area contributed by atoms with E-state index in [0.29, 0.717) is 5.56 Å². The third kappa shape index (κ3) is 10.2. The number of benzene rings is 1. The number of thiol groups is 1. The summed E-state index contributed by atoms with van der Waals surface area (Å²) in [6, 6.07) is 0.272. The van der Waals surface area contributed by atoms with Gasteiger partial charge in [-0.15, -0.1) is 0 Å². The number of nitrogens with one attached hydrogen (secondary N) is 3. The molecule has 14 heteroatoms. The molecular formula is C21H30N4O9S. The molecule has 0 aliphatic heterocycles. The molecule has 5 unspecified atom stereocenters. The van der Waals surface area contributed by atoms with Gasteiger partial charge in [0.25, 0.3) is 0 Å². The molecule has 0 aromatic heterocycles. The molecule has 35 heavy (non-hydrogen) atoms. The molecule has 194 valence electrons. The number of aliphatic hydroxyl groups is 1. The van der Waals surface area contributed by atoms with Crippen molar-refractivity contribution in [1.29, 1.82) is 0 Å². The van der Waals surface area contributed by atoms with E-state index in [-0.39, 0.29) is 17.9 Å². The van der Waals surface area contributed by atoms with Crippen LogP contribution in [0.15, 0.2) is 24.3 Å². The van der Waals surface area contributed by atoms with E-state index in [2.05, 4.69) is 28.6 Å². The van der Waals surface area contributed by atoms with Crippen molar-refractivity contribution in [2.24, 2.45) is 5.73 Å². The van der Waals surface area contributed by atoms with Crippen molar-refractivity contribution >= 4 is 42.3 Å². The van der Waals surface area contributed by atoms with Gasteiger partial charge in [0, 0.05) is 18.6 Å². The van der Waals surface area contributed by atoms with E-state index in [9.17, 15) is 39.3 Å². The fourth-order valence-corrected chi connectivity index (χ4v) is 3.06. The number of hydrogen-bond acceptors (Lipinski definition) is 9. The molecule has 0 saturated heterocycles. The molecule has 0 spiro atoms. The standard InChI is InChI=1S/C21H30N4O9S/c1-10(26)17(21(33)34)25-19(31)14(6-7-16(28)29)23-20(32)15(24-18(30)13(22)9-35)8-11-2-4-12(27)5-3-11/h2-5,10,13-15,17,26-27,35H,6-9,22H2,1H3,(H,23,32)(H,24,30)(H,25,31)(H,28,29)(H,33,34). The van der Waals surface area contributed by atoms with Gasteiger partial charge in [0.2, 0.25) is 17.7 Å². The number of aliphatic carboxylic acids is 2. The Hall–Kier alpha value is -3.36. The lowest BCUT2D eigenvalue weighted by molar-refractivity contribution is -0.145. The fraction of sp³-hybridized carbons (Fsp3) is 0.476. The number of phenolic OH excluding ortho intramolecular Hbond substituents is 1. The van der Waals surface area contributed by atoms with Crippen LogP contribution in [-0.4, -0.2) is 86.1 Å². The topological polar surface area (TPSA) is 228 Å². The summed E-state index contributed by atoms with van der Waals surface area (Å²) >= 11 is 3.94. The van der Waals surface area contributed by atoms with E-state index >= 15 is 0 Å². The van der Waals surface area contributed by atoms with Gasteiger partial charge in [0.15, 0.2) is 6.04 Å². The predicted molar refractivity (Wildman–Crippen MR) is 126 cm³/mol. The van der Waals surface area contributed by atoms with Crippen LogP contribution in [0.4, 0.5) is 0 Å². The molecule has 3 amide bonds. The number of nitrogens with two attached hydrogens (primary N) is 1. The summed E-state index contributed by atoms with van der Waals surface area (Å²) in [5.74, 6) is -5.44. The van der Waals surface area contributed by atoms with Crippen molar-refractivity contribution in [3.8, 4) is 5.75 Å². The second kappa shape index (κ2) is 14.1. The van der Waals surface area contributed by atoms with Crippen LogP contribution < -0.4 is 21.7 Å². The SMILES string of the molecule is CC(O)C(NC(=O)C(CCC(=O)O)NC(=O)C(Cc1ccc(O)cc1)NC(=O)C(N)CS)C(=O)O. The Morgan fingerprint density at radius 1 is 0.943 bits per heavy atom. The molecule has 5 atom stereocenters. The first kappa shape index (κ1) is 29.7. The lowest BCUT2D eigenvalue weighted by Gasteiger charge is -2.25. The molecule has 0 heterocycles. The Kier molecular flexibility index (Phi) is 12.0. The van der Waals surface area contributed by atoms with E-state index in [1.165, 1.54) is 24.3 Å². The Morgan fingerprint density at radius 2 is 1.49 bits per heavy atom. The fourth-order valence-electron chi connectivity index (χ4n) is 2.89. The van der Waals surface area contributed by atoms with Gasteiger partial charge >= 0.3 is 11.9 Å². The molecule has 0 aliphatic carbocycles. The molecule has 1 aromatic rings. The summed E-state index contributed by atoms with van der Waals surface area (Å²) in [7, 11) is 0. The minimum atomic E-state index is -1.70. The highest BCUT2D eigenvalue weighted by Crippen LogP contribution is 2.12. The molecule has 9 N–H and O–H groups in total. The van der Waals surface area contributed by atoms with Crippen LogP contribution in [0, 0.1) is 0 Å². The van der Waals surface area contributed by atoms with E-state index in [0.717, 1.165) is 6.92 Å². The van der Waals surface area contributed by atoms with Crippen LogP contribution in [-0.2, 0) is 30.4 Å². The van der Waals surface area contributed by atoms with Crippen LogP contribution in [0.25, 0.3) is 0 Å². The normalized spacial score (nSPS) is 15.1. The average molecular weight is 515 g/mol. The minimum absolute atomic E-state index is 0.0149. The largest absolute Gasteiger partial charge is 0.508 e. The summed E-state index contributed by atoms with van der Waals surface area (Å²) in [4.78, 5) is 60.3. The lowest BCUT2D eigenvalue weighted by atomic mass is 10.0. The maximum absolute atomic E-state index is 13.0. The number of carbonyl (C=O) groups excluding carboxylic acids is 3. The Bertz CT molecular complexity index is 911. The van der Waals surface area contributed by atoms with Crippen molar-refractivity contribution in [2.75, 3.05) is 5.75 Å². The van der Waals surface area contributed by atoms with Gasteiger partial charge in [-0.2, -0.15) is 12.6 Å². The van der Waals surface area contributed by atoms with Gasteiger partial charge in [-0.25, -0.2) is 4.79 Å². The molecule has 0 bridgehead atoms. The summed E-state index contributed by atoms with van der Waals surface area (Å²) < 4.78 is 0. The smallest absolute Gasteiger partial charge is 0.328 e. The van der Waals surface area contributed by atoms with Crippen molar-refractivity contribution in [3.05, 3.63) is 29.8 Å². The van der Waals surface area contributed by atoms with Gasteiger partial charge < -0.3 is 42.1 Å². The number of phenols is 1. The third-order valence-electron chi connectivity index (χ3n) is 4.87. The Morgan fingerprint density at radius 3 is 1.97 bits per heavy atom. The van der Waals surface area contributed by atoms with Crippen LogP contribution in [0.1, 0.15) is 25.3 Å². The van der Waals surface area contributed by atoms with Crippen LogP contribution in [0.3, 0.4) is 0 Å². The van der Waals surface area contributed by atoms with E-state index in [4.69, 9.17) is 10.8 Å². The van der Waals surface area contributed by atoms with Crippen molar-refractivity contribution in [3.63, 3.8) is 0 Å². The predicted octanol–water partition coefficient (Wildman–Crippen LogP) is -2.02. The van der Waals surface area contributed by atoms with Gasteiger partial charge in [0.05, 0.1) is 12.1 Å². The highest BCUT2D eigenvalue weighted by molar-refractivity contribution is 7.80. The molecule has 1 aromatic carbocycles. The van der Waals surface area contributed by atoms with Crippen molar-refractivity contribution in [1.82, 2.24) is 16.0 Å². The van der Waals surface area contributed by atoms with Crippen molar-refractivity contribution < 1.29 is 44.4 Å². The average Bonchev–Trinajstić information content (AvgIpc) is 2.79. The molecule has 0 saturated carbocycles. The zero-order chi connectivity index (χ0) is 26.7.